The molecule has 0 aromatic heterocycles. The Labute approximate surface area is 104 Å². The van der Waals surface area contributed by atoms with Crippen LogP contribution in [0, 0.1) is 16.7 Å². The smallest absolute Gasteiger partial charge is 0.332 e. The minimum Gasteiger partial charge on any atom is -0.464 e. The first-order chi connectivity index (χ1) is 7.91. The van der Waals surface area contributed by atoms with Crippen LogP contribution in [-0.2, 0) is 14.3 Å². The van der Waals surface area contributed by atoms with Crippen LogP contribution in [0.1, 0.15) is 47.0 Å². The molecule has 3 atom stereocenters. The molecule has 0 aromatic rings. The molecule has 0 spiro atoms. The van der Waals surface area contributed by atoms with Crippen molar-refractivity contribution in [3.8, 4) is 0 Å². The molecule has 2 fully saturated rings. The van der Waals surface area contributed by atoms with Gasteiger partial charge in [-0.2, -0.15) is 0 Å². The van der Waals surface area contributed by atoms with E-state index in [4.69, 9.17) is 9.47 Å². The molecule has 98 valence electrons. The molecule has 0 N–H and O–H groups in total. The van der Waals surface area contributed by atoms with Gasteiger partial charge in [-0.05, 0) is 42.9 Å². The number of esters is 1. The van der Waals surface area contributed by atoms with Gasteiger partial charge in [-0.15, -0.1) is 0 Å². The van der Waals surface area contributed by atoms with Crippen molar-refractivity contribution in [3.05, 3.63) is 0 Å². The van der Waals surface area contributed by atoms with Crippen molar-refractivity contribution in [1.29, 1.82) is 0 Å². The van der Waals surface area contributed by atoms with Crippen LogP contribution in [-0.4, -0.2) is 25.3 Å². The molecule has 0 aromatic carbocycles. The molecule has 3 nitrogen and oxygen atoms in total. The molecule has 2 bridgehead atoms. The maximum atomic E-state index is 11.3. The summed E-state index contributed by atoms with van der Waals surface area (Å²) in [7, 11) is 0. The summed E-state index contributed by atoms with van der Waals surface area (Å²) in [6, 6.07) is 0. The Balaban J connectivity index is 1.94. The van der Waals surface area contributed by atoms with Crippen LogP contribution >= 0.6 is 0 Å². The zero-order valence-electron chi connectivity index (χ0n) is 11.4. The fraction of sp³-hybridized carbons (Fsp3) is 0.929. The standard InChI is InChI=1S/C14H24O3/c1-5-16-12(15)9-17-11-8-10-6-7-14(11,4)13(10,2)3/h10-11H,5-9H2,1-4H3. The van der Waals surface area contributed by atoms with Crippen molar-refractivity contribution in [2.45, 2.75) is 53.1 Å². The van der Waals surface area contributed by atoms with Crippen molar-refractivity contribution in [2.75, 3.05) is 13.2 Å². The van der Waals surface area contributed by atoms with Crippen molar-refractivity contribution >= 4 is 5.97 Å². The van der Waals surface area contributed by atoms with Gasteiger partial charge >= 0.3 is 5.97 Å². The summed E-state index contributed by atoms with van der Waals surface area (Å²) in [5, 5.41) is 0. The Hall–Kier alpha value is -0.570. The third kappa shape index (κ3) is 1.88. The first kappa shape index (κ1) is 12.9. The number of rotatable bonds is 4. The van der Waals surface area contributed by atoms with Gasteiger partial charge in [0.25, 0.3) is 0 Å². The second-order valence-electron chi connectivity index (χ2n) is 6.22. The molecule has 2 aliphatic rings. The second kappa shape index (κ2) is 4.27. The van der Waals surface area contributed by atoms with Gasteiger partial charge in [0.05, 0.1) is 12.7 Å². The fourth-order valence-corrected chi connectivity index (χ4v) is 3.75. The van der Waals surface area contributed by atoms with Crippen LogP contribution in [0.5, 0.6) is 0 Å². The molecule has 0 amide bonds. The van der Waals surface area contributed by atoms with Crippen LogP contribution in [0.25, 0.3) is 0 Å². The van der Waals surface area contributed by atoms with Crippen LogP contribution in [0.4, 0.5) is 0 Å². The Morgan fingerprint density at radius 2 is 2.06 bits per heavy atom. The van der Waals surface area contributed by atoms with Gasteiger partial charge in [0, 0.05) is 0 Å². The van der Waals surface area contributed by atoms with Gasteiger partial charge in [0.2, 0.25) is 0 Å². The van der Waals surface area contributed by atoms with E-state index in [2.05, 4.69) is 20.8 Å². The average molecular weight is 240 g/mol. The van der Waals surface area contributed by atoms with Gasteiger partial charge < -0.3 is 9.47 Å². The summed E-state index contributed by atoms with van der Waals surface area (Å²) in [6.45, 7) is 9.36. The molecule has 3 unspecified atom stereocenters. The lowest BCUT2D eigenvalue weighted by Gasteiger charge is -2.38. The van der Waals surface area contributed by atoms with Crippen molar-refractivity contribution < 1.29 is 14.3 Å². The van der Waals surface area contributed by atoms with Crippen molar-refractivity contribution in [2.24, 2.45) is 16.7 Å². The molecule has 0 saturated heterocycles. The Kier molecular flexibility index (Phi) is 3.23. The lowest BCUT2D eigenvalue weighted by molar-refractivity contribution is -0.154. The topological polar surface area (TPSA) is 35.5 Å². The van der Waals surface area contributed by atoms with Gasteiger partial charge in [-0.1, -0.05) is 20.8 Å². The first-order valence-electron chi connectivity index (χ1n) is 6.69. The highest BCUT2D eigenvalue weighted by Crippen LogP contribution is 2.66. The number of hydrogen-bond acceptors (Lipinski definition) is 3. The summed E-state index contributed by atoms with van der Waals surface area (Å²) in [6.07, 6.45) is 3.85. The van der Waals surface area contributed by atoms with Gasteiger partial charge in [-0.25, -0.2) is 4.79 Å². The third-order valence-corrected chi connectivity index (χ3v) is 5.42. The molecule has 3 heteroatoms. The summed E-state index contributed by atoms with van der Waals surface area (Å²) >= 11 is 0. The van der Waals surface area contributed by atoms with Crippen molar-refractivity contribution in [1.82, 2.24) is 0 Å². The highest BCUT2D eigenvalue weighted by molar-refractivity contribution is 5.70. The van der Waals surface area contributed by atoms with E-state index in [0.29, 0.717) is 12.0 Å². The summed E-state index contributed by atoms with van der Waals surface area (Å²) < 4.78 is 10.7. The Bertz CT molecular complexity index is 311. The molecule has 17 heavy (non-hydrogen) atoms. The third-order valence-electron chi connectivity index (χ3n) is 5.42. The number of fused-ring (bicyclic) bond motifs is 2. The predicted molar refractivity (Wildman–Crippen MR) is 65.6 cm³/mol. The van der Waals surface area contributed by atoms with Gasteiger partial charge in [-0.3, -0.25) is 0 Å². The second-order valence-corrected chi connectivity index (χ2v) is 6.22. The molecule has 0 heterocycles. The van der Waals surface area contributed by atoms with E-state index in [1.54, 1.807) is 0 Å². The molecular weight excluding hydrogens is 216 g/mol. The van der Waals surface area contributed by atoms with Crippen LogP contribution in [0.15, 0.2) is 0 Å². The largest absolute Gasteiger partial charge is 0.464 e. The van der Waals surface area contributed by atoms with E-state index in [1.165, 1.54) is 12.8 Å². The number of ether oxygens (including phenoxy) is 2. The minimum absolute atomic E-state index is 0.108. The zero-order valence-corrected chi connectivity index (χ0v) is 11.4. The van der Waals surface area contributed by atoms with E-state index in [0.717, 1.165) is 12.3 Å². The molecule has 2 aliphatic carbocycles. The molecule has 0 radical (unpaired) electrons. The summed E-state index contributed by atoms with van der Waals surface area (Å²) in [4.78, 5) is 11.3. The number of carbonyl (C=O) groups is 1. The minimum atomic E-state index is -0.239. The zero-order chi connectivity index (χ0) is 12.7. The maximum absolute atomic E-state index is 11.3. The quantitative estimate of drug-likeness (QED) is 0.709. The average Bonchev–Trinajstić information content (AvgIpc) is 2.59. The molecule has 0 aliphatic heterocycles. The summed E-state index contributed by atoms with van der Waals surface area (Å²) in [5.41, 5.74) is 0.566. The van der Waals surface area contributed by atoms with Crippen LogP contribution < -0.4 is 0 Å². The number of carbonyl (C=O) groups excluding carboxylic acids is 1. The fourth-order valence-electron chi connectivity index (χ4n) is 3.75. The lowest BCUT2D eigenvalue weighted by atomic mass is 9.70. The Morgan fingerprint density at radius 3 is 2.53 bits per heavy atom. The van der Waals surface area contributed by atoms with E-state index in [1.807, 2.05) is 6.92 Å². The van der Waals surface area contributed by atoms with E-state index < -0.39 is 0 Å². The highest BCUT2D eigenvalue weighted by Gasteiger charge is 2.61. The number of hydrogen-bond donors (Lipinski definition) is 0. The van der Waals surface area contributed by atoms with Crippen molar-refractivity contribution in [3.63, 3.8) is 0 Å². The van der Waals surface area contributed by atoms with Crippen LogP contribution in [0.3, 0.4) is 0 Å². The van der Waals surface area contributed by atoms with Gasteiger partial charge in [0.15, 0.2) is 0 Å². The monoisotopic (exact) mass is 240 g/mol. The lowest BCUT2D eigenvalue weighted by Crippen LogP contribution is -2.38. The van der Waals surface area contributed by atoms with Crippen LogP contribution in [0.2, 0.25) is 0 Å². The summed E-state index contributed by atoms with van der Waals surface area (Å²) in [5.74, 6) is 0.511. The SMILES string of the molecule is CCOC(=O)COC1CC2CCC1(C)C2(C)C. The molecule has 2 saturated carbocycles. The Morgan fingerprint density at radius 1 is 1.35 bits per heavy atom. The maximum Gasteiger partial charge on any atom is 0.332 e. The normalized spacial score (nSPS) is 38.4. The first-order valence-corrected chi connectivity index (χ1v) is 6.69. The molecular formula is C14H24O3. The van der Waals surface area contributed by atoms with E-state index in [-0.39, 0.29) is 24.1 Å². The van der Waals surface area contributed by atoms with Gasteiger partial charge in [0.1, 0.15) is 6.61 Å². The molecule has 2 rings (SSSR count). The van der Waals surface area contributed by atoms with E-state index >= 15 is 0 Å². The predicted octanol–water partition coefficient (Wildman–Crippen LogP) is 2.78. The van der Waals surface area contributed by atoms with E-state index in [9.17, 15) is 4.79 Å². The highest BCUT2D eigenvalue weighted by atomic mass is 16.6.